The van der Waals surface area contributed by atoms with Gasteiger partial charge in [0.05, 0.1) is 5.75 Å². The standard InChI is InChI=1S/C19H26N2O2S/c1-3-24(22,23)20-19-9-6-12-21(14-19)15(2)17-11-10-16-7-4-5-8-18(16)13-17/h4-5,7-8,10-11,13,15,19-20H,3,6,9,12,14H2,1-2H3/t15-,19-/m1/s1. The Kier molecular flexibility index (Phi) is 5.23. The topological polar surface area (TPSA) is 49.4 Å². The number of benzene rings is 2. The van der Waals surface area contributed by atoms with E-state index in [2.05, 4.69) is 59.0 Å². The molecule has 1 heterocycles. The van der Waals surface area contributed by atoms with E-state index in [1.54, 1.807) is 6.92 Å². The van der Waals surface area contributed by atoms with Crippen molar-refractivity contribution in [2.75, 3.05) is 18.8 Å². The molecule has 0 amide bonds. The number of nitrogens with zero attached hydrogens (tertiary/aromatic N) is 1. The highest BCUT2D eigenvalue weighted by molar-refractivity contribution is 7.89. The zero-order valence-corrected chi connectivity index (χ0v) is 15.2. The Hall–Kier alpha value is -1.43. The first kappa shape index (κ1) is 17.4. The van der Waals surface area contributed by atoms with Crippen LogP contribution in [0.2, 0.25) is 0 Å². The van der Waals surface area contributed by atoms with Gasteiger partial charge in [0.25, 0.3) is 0 Å². The fourth-order valence-corrected chi connectivity index (χ4v) is 4.34. The van der Waals surface area contributed by atoms with Crippen molar-refractivity contribution < 1.29 is 8.42 Å². The number of hydrogen-bond acceptors (Lipinski definition) is 3. The van der Waals surface area contributed by atoms with Crippen LogP contribution in [0.5, 0.6) is 0 Å². The second-order valence-electron chi connectivity index (χ2n) is 6.64. The molecule has 24 heavy (non-hydrogen) atoms. The number of hydrogen-bond donors (Lipinski definition) is 1. The summed E-state index contributed by atoms with van der Waals surface area (Å²) in [5.41, 5.74) is 1.28. The minimum absolute atomic E-state index is 0.0200. The van der Waals surface area contributed by atoms with E-state index in [0.717, 1.165) is 25.9 Å². The molecule has 1 N–H and O–H groups in total. The molecule has 0 aromatic heterocycles. The smallest absolute Gasteiger partial charge is 0.211 e. The van der Waals surface area contributed by atoms with Crippen LogP contribution in [-0.2, 0) is 10.0 Å². The molecule has 0 aliphatic carbocycles. The lowest BCUT2D eigenvalue weighted by atomic mass is 9.98. The molecule has 0 bridgehead atoms. The zero-order valence-electron chi connectivity index (χ0n) is 14.4. The third-order valence-electron chi connectivity index (χ3n) is 4.98. The molecule has 1 saturated heterocycles. The molecule has 5 heteroatoms. The third-order valence-corrected chi connectivity index (χ3v) is 6.44. The predicted octanol–water partition coefficient (Wildman–Crippen LogP) is 3.30. The fraction of sp³-hybridized carbons (Fsp3) is 0.474. The van der Waals surface area contributed by atoms with Crippen LogP contribution >= 0.6 is 0 Å². The van der Waals surface area contributed by atoms with Crippen molar-refractivity contribution in [3.05, 3.63) is 48.0 Å². The summed E-state index contributed by atoms with van der Waals surface area (Å²) in [6, 6.07) is 15.3. The normalized spacial score (nSPS) is 21.0. The maximum Gasteiger partial charge on any atom is 0.211 e. The summed E-state index contributed by atoms with van der Waals surface area (Å²) >= 11 is 0. The van der Waals surface area contributed by atoms with E-state index < -0.39 is 10.0 Å². The van der Waals surface area contributed by atoms with Gasteiger partial charge in [0.1, 0.15) is 0 Å². The van der Waals surface area contributed by atoms with Gasteiger partial charge in [-0.2, -0.15) is 0 Å². The van der Waals surface area contributed by atoms with Crippen LogP contribution in [0.25, 0.3) is 10.8 Å². The third kappa shape index (κ3) is 3.97. The second-order valence-corrected chi connectivity index (χ2v) is 8.68. The molecular weight excluding hydrogens is 320 g/mol. The van der Waals surface area contributed by atoms with Gasteiger partial charge in [-0.3, -0.25) is 4.90 Å². The molecule has 130 valence electrons. The first-order valence-corrected chi connectivity index (χ1v) is 10.4. The van der Waals surface area contributed by atoms with Crippen molar-refractivity contribution in [1.29, 1.82) is 0 Å². The van der Waals surface area contributed by atoms with Crippen molar-refractivity contribution in [2.24, 2.45) is 0 Å². The number of likely N-dealkylation sites (tertiary alicyclic amines) is 1. The number of rotatable bonds is 5. The SMILES string of the molecule is CCS(=O)(=O)N[C@@H]1CCCN([C@H](C)c2ccc3ccccc3c2)C1. The zero-order chi connectivity index (χ0) is 17.2. The summed E-state index contributed by atoms with van der Waals surface area (Å²) in [5.74, 6) is 0.143. The van der Waals surface area contributed by atoms with Gasteiger partial charge >= 0.3 is 0 Å². The van der Waals surface area contributed by atoms with Crippen LogP contribution in [0.1, 0.15) is 38.3 Å². The summed E-state index contributed by atoms with van der Waals surface area (Å²) in [7, 11) is -3.14. The number of fused-ring (bicyclic) bond motifs is 1. The molecule has 3 rings (SSSR count). The van der Waals surface area contributed by atoms with Crippen LogP contribution in [0.4, 0.5) is 0 Å². The minimum atomic E-state index is -3.14. The van der Waals surface area contributed by atoms with E-state index in [1.807, 2.05) is 0 Å². The van der Waals surface area contributed by atoms with Gasteiger partial charge in [-0.15, -0.1) is 0 Å². The lowest BCUT2D eigenvalue weighted by Gasteiger charge is -2.37. The summed E-state index contributed by atoms with van der Waals surface area (Å²) in [6.45, 7) is 5.67. The van der Waals surface area contributed by atoms with E-state index in [-0.39, 0.29) is 17.8 Å². The Labute approximate surface area is 144 Å². The maximum absolute atomic E-state index is 11.8. The molecule has 0 saturated carbocycles. The average Bonchev–Trinajstić information content (AvgIpc) is 2.60. The highest BCUT2D eigenvalue weighted by atomic mass is 32.2. The largest absolute Gasteiger partial charge is 0.295 e. The molecule has 4 nitrogen and oxygen atoms in total. The quantitative estimate of drug-likeness (QED) is 0.904. The van der Waals surface area contributed by atoms with Gasteiger partial charge in [-0.25, -0.2) is 13.1 Å². The molecule has 0 unspecified atom stereocenters. The highest BCUT2D eigenvalue weighted by Gasteiger charge is 2.26. The van der Waals surface area contributed by atoms with Crippen molar-refractivity contribution in [2.45, 2.75) is 38.8 Å². The van der Waals surface area contributed by atoms with Gasteiger partial charge < -0.3 is 0 Å². The molecule has 2 aromatic rings. The van der Waals surface area contributed by atoms with Crippen LogP contribution in [0.3, 0.4) is 0 Å². The lowest BCUT2D eigenvalue weighted by Crippen LogP contribution is -2.48. The Morgan fingerprint density at radius 3 is 2.71 bits per heavy atom. The van der Waals surface area contributed by atoms with E-state index >= 15 is 0 Å². The second kappa shape index (κ2) is 7.21. The Balaban J connectivity index is 1.74. The van der Waals surface area contributed by atoms with Gasteiger partial charge in [-0.1, -0.05) is 36.4 Å². The fourth-order valence-electron chi connectivity index (χ4n) is 3.47. The molecule has 0 spiro atoms. The van der Waals surface area contributed by atoms with E-state index in [0.29, 0.717) is 0 Å². The number of piperidine rings is 1. The first-order valence-electron chi connectivity index (χ1n) is 8.71. The average molecular weight is 346 g/mol. The van der Waals surface area contributed by atoms with Crippen LogP contribution in [-0.4, -0.2) is 38.2 Å². The molecule has 1 aliphatic rings. The highest BCUT2D eigenvalue weighted by Crippen LogP contribution is 2.27. The number of nitrogens with one attached hydrogen (secondary N) is 1. The van der Waals surface area contributed by atoms with Crippen molar-refractivity contribution >= 4 is 20.8 Å². The molecule has 2 atom stereocenters. The van der Waals surface area contributed by atoms with Crippen molar-refractivity contribution in [3.8, 4) is 0 Å². The first-order chi connectivity index (χ1) is 11.5. The Bertz CT molecular complexity index is 804. The maximum atomic E-state index is 11.8. The molecule has 1 aliphatic heterocycles. The molecular formula is C19H26N2O2S. The molecule has 2 aromatic carbocycles. The van der Waals surface area contributed by atoms with E-state index in [9.17, 15) is 8.42 Å². The van der Waals surface area contributed by atoms with Crippen LogP contribution in [0.15, 0.2) is 42.5 Å². The lowest BCUT2D eigenvalue weighted by molar-refractivity contribution is 0.154. The molecule has 1 fully saturated rings. The van der Waals surface area contributed by atoms with Gasteiger partial charge in [0.2, 0.25) is 10.0 Å². The summed E-state index contributed by atoms with van der Waals surface area (Å²) < 4.78 is 26.5. The summed E-state index contributed by atoms with van der Waals surface area (Å²) in [4.78, 5) is 2.39. The minimum Gasteiger partial charge on any atom is -0.295 e. The summed E-state index contributed by atoms with van der Waals surface area (Å²) in [5, 5.41) is 2.50. The van der Waals surface area contributed by atoms with Crippen molar-refractivity contribution in [3.63, 3.8) is 0 Å². The molecule has 0 radical (unpaired) electrons. The van der Waals surface area contributed by atoms with Gasteiger partial charge in [-0.05, 0) is 55.6 Å². The van der Waals surface area contributed by atoms with Crippen LogP contribution in [0, 0.1) is 0 Å². The predicted molar refractivity (Wildman–Crippen MR) is 99.6 cm³/mol. The Morgan fingerprint density at radius 1 is 1.21 bits per heavy atom. The van der Waals surface area contributed by atoms with Gasteiger partial charge in [0.15, 0.2) is 0 Å². The van der Waals surface area contributed by atoms with E-state index in [4.69, 9.17) is 0 Å². The number of sulfonamides is 1. The summed E-state index contributed by atoms with van der Waals surface area (Å²) in [6.07, 6.45) is 1.94. The van der Waals surface area contributed by atoms with Crippen molar-refractivity contribution in [1.82, 2.24) is 9.62 Å². The van der Waals surface area contributed by atoms with Crippen LogP contribution < -0.4 is 4.72 Å². The monoisotopic (exact) mass is 346 g/mol. The van der Waals surface area contributed by atoms with Gasteiger partial charge in [0, 0.05) is 18.6 Å². The van der Waals surface area contributed by atoms with E-state index in [1.165, 1.54) is 16.3 Å². The Morgan fingerprint density at radius 2 is 1.96 bits per heavy atom.